The summed E-state index contributed by atoms with van der Waals surface area (Å²) in [6, 6.07) is 14.3. The lowest BCUT2D eigenvalue weighted by atomic mass is 10.1. The molecule has 1 aromatic heterocycles. The highest BCUT2D eigenvalue weighted by Crippen LogP contribution is 2.32. The molecule has 2 heterocycles. The van der Waals surface area contributed by atoms with Gasteiger partial charge in [0.15, 0.2) is 18.1 Å². The molecule has 0 N–H and O–H groups in total. The highest BCUT2D eigenvalue weighted by molar-refractivity contribution is 6.00. The first-order valence-electron chi connectivity index (χ1n) is 10.00. The van der Waals surface area contributed by atoms with Crippen molar-refractivity contribution >= 4 is 11.8 Å². The van der Waals surface area contributed by atoms with Gasteiger partial charge in [0.2, 0.25) is 12.6 Å². The van der Waals surface area contributed by atoms with Crippen LogP contribution in [0.3, 0.4) is 0 Å². The summed E-state index contributed by atoms with van der Waals surface area (Å²) in [6.07, 6.45) is 0. The summed E-state index contributed by atoms with van der Waals surface area (Å²) in [5.74, 6) is 1.00. The van der Waals surface area contributed by atoms with Gasteiger partial charge in [-0.05, 0) is 69.3 Å². The summed E-state index contributed by atoms with van der Waals surface area (Å²) in [5, 5.41) is 0. The highest BCUT2D eigenvalue weighted by atomic mass is 16.7. The van der Waals surface area contributed by atoms with Crippen LogP contribution in [-0.4, -0.2) is 36.3 Å². The minimum absolute atomic E-state index is 0.121. The summed E-state index contributed by atoms with van der Waals surface area (Å²) in [7, 11) is 0. The zero-order valence-electron chi connectivity index (χ0n) is 17.6. The SMILES string of the molecule is CCOc1ccc(-n2c(C)cc(C(=O)COC(=O)c3ccc4c(c3)OCO4)c2C)cc1. The Morgan fingerprint density at radius 1 is 1.00 bits per heavy atom. The predicted molar refractivity (Wildman–Crippen MR) is 114 cm³/mol. The molecule has 1 aliphatic heterocycles. The van der Waals surface area contributed by atoms with Crippen molar-refractivity contribution < 1.29 is 28.5 Å². The van der Waals surface area contributed by atoms with Crippen molar-refractivity contribution in [2.24, 2.45) is 0 Å². The lowest BCUT2D eigenvalue weighted by molar-refractivity contribution is 0.0474. The fraction of sp³-hybridized carbons (Fsp3) is 0.250. The first kappa shape index (κ1) is 20.5. The number of ketones is 1. The van der Waals surface area contributed by atoms with Crippen LogP contribution in [0.4, 0.5) is 0 Å². The minimum Gasteiger partial charge on any atom is -0.494 e. The summed E-state index contributed by atoms with van der Waals surface area (Å²) >= 11 is 0. The quantitative estimate of drug-likeness (QED) is 0.419. The van der Waals surface area contributed by atoms with E-state index in [1.54, 1.807) is 18.2 Å². The average molecular weight is 421 g/mol. The van der Waals surface area contributed by atoms with Crippen molar-refractivity contribution in [2.75, 3.05) is 20.0 Å². The number of benzene rings is 2. The molecular weight excluding hydrogens is 398 g/mol. The van der Waals surface area contributed by atoms with Crippen molar-refractivity contribution in [1.82, 2.24) is 4.57 Å². The predicted octanol–water partition coefficient (Wildman–Crippen LogP) is 4.26. The molecule has 0 bridgehead atoms. The second-order valence-corrected chi connectivity index (χ2v) is 7.11. The van der Waals surface area contributed by atoms with Gasteiger partial charge in [0.1, 0.15) is 5.75 Å². The lowest BCUT2D eigenvalue weighted by Crippen LogP contribution is -2.15. The van der Waals surface area contributed by atoms with Crippen molar-refractivity contribution in [3.63, 3.8) is 0 Å². The molecule has 0 saturated heterocycles. The number of carbonyl (C=O) groups is 2. The van der Waals surface area contributed by atoms with Crippen LogP contribution < -0.4 is 14.2 Å². The Balaban J connectivity index is 1.46. The van der Waals surface area contributed by atoms with Crippen LogP contribution >= 0.6 is 0 Å². The number of rotatable bonds is 7. The molecule has 4 rings (SSSR count). The second kappa shape index (κ2) is 8.55. The number of hydrogen-bond acceptors (Lipinski definition) is 6. The number of ether oxygens (including phenoxy) is 4. The third kappa shape index (κ3) is 4.12. The summed E-state index contributed by atoms with van der Waals surface area (Å²) < 4.78 is 23.2. The number of aryl methyl sites for hydroxylation is 1. The Morgan fingerprint density at radius 2 is 1.74 bits per heavy atom. The van der Waals surface area contributed by atoms with E-state index >= 15 is 0 Å². The van der Waals surface area contributed by atoms with Gasteiger partial charge in [-0.1, -0.05) is 0 Å². The molecule has 7 heteroatoms. The molecule has 2 aromatic carbocycles. The highest BCUT2D eigenvalue weighted by Gasteiger charge is 2.20. The molecule has 1 aliphatic rings. The Morgan fingerprint density at radius 3 is 2.48 bits per heavy atom. The van der Waals surface area contributed by atoms with Gasteiger partial charge in [0, 0.05) is 22.6 Å². The van der Waals surface area contributed by atoms with E-state index in [9.17, 15) is 9.59 Å². The van der Waals surface area contributed by atoms with E-state index in [4.69, 9.17) is 18.9 Å². The molecular formula is C24H23NO6. The number of carbonyl (C=O) groups excluding carboxylic acids is 2. The zero-order valence-corrected chi connectivity index (χ0v) is 17.6. The van der Waals surface area contributed by atoms with Gasteiger partial charge in [0.05, 0.1) is 12.2 Å². The van der Waals surface area contributed by atoms with Crippen LogP contribution in [-0.2, 0) is 4.74 Å². The first-order valence-corrected chi connectivity index (χ1v) is 10.00. The number of Topliss-reactive ketones (excluding diaryl/α,β-unsaturated/α-hetero) is 1. The zero-order chi connectivity index (χ0) is 22.0. The smallest absolute Gasteiger partial charge is 0.338 e. The average Bonchev–Trinajstić information content (AvgIpc) is 3.36. The van der Waals surface area contributed by atoms with E-state index in [2.05, 4.69) is 0 Å². The second-order valence-electron chi connectivity index (χ2n) is 7.11. The van der Waals surface area contributed by atoms with Crippen LogP contribution in [0.1, 0.15) is 39.0 Å². The van der Waals surface area contributed by atoms with Gasteiger partial charge in [0.25, 0.3) is 0 Å². The van der Waals surface area contributed by atoms with Gasteiger partial charge < -0.3 is 23.5 Å². The van der Waals surface area contributed by atoms with Gasteiger partial charge in [-0.15, -0.1) is 0 Å². The van der Waals surface area contributed by atoms with Crippen LogP contribution in [0.2, 0.25) is 0 Å². The first-order chi connectivity index (χ1) is 15.0. The Hall–Kier alpha value is -3.74. The molecule has 0 unspecified atom stereocenters. The molecule has 31 heavy (non-hydrogen) atoms. The molecule has 160 valence electrons. The van der Waals surface area contributed by atoms with Gasteiger partial charge in [-0.2, -0.15) is 0 Å². The van der Waals surface area contributed by atoms with E-state index in [1.807, 2.05) is 55.7 Å². The Bertz CT molecular complexity index is 1130. The molecule has 3 aromatic rings. The standard InChI is InChI=1S/C24H23NO6/c1-4-28-19-8-6-18(7-9-19)25-15(2)11-20(16(25)3)21(26)13-29-24(27)17-5-10-22-23(12-17)31-14-30-22/h5-12H,4,13-14H2,1-3H3. The fourth-order valence-electron chi connectivity index (χ4n) is 3.62. The molecule has 0 amide bonds. The number of aromatic nitrogens is 1. The molecule has 0 fully saturated rings. The third-order valence-electron chi connectivity index (χ3n) is 5.08. The third-order valence-corrected chi connectivity index (χ3v) is 5.08. The number of esters is 1. The number of nitrogens with zero attached hydrogens (tertiary/aromatic N) is 1. The summed E-state index contributed by atoms with van der Waals surface area (Å²) in [4.78, 5) is 25.1. The molecule has 0 radical (unpaired) electrons. The van der Waals surface area contributed by atoms with E-state index < -0.39 is 5.97 Å². The van der Waals surface area contributed by atoms with Crippen LogP contribution in [0.5, 0.6) is 17.2 Å². The normalized spacial score (nSPS) is 12.0. The minimum atomic E-state index is -0.591. The van der Waals surface area contributed by atoms with Crippen molar-refractivity contribution in [3.05, 3.63) is 71.0 Å². The van der Waals surface area contributed by atoms with Gasteiger partial charge in [-0.3, -0.25) is 4.79 Å². The monoisotopic (exact) mass is 421 g/mol. The van der Waals surface area contributed by atoms with E-state index in [1.165, 1.54) is 0 Å². The molecule has 0 spiro atoms. The maximum atomic E-state index is 12.8. The molecule has 0 aliphatic carbocycles. The molecule has 0 atom stereocenters. The summed E-state index contributed by atoms with van der Waals surface area (Å²) in [5.41, 5.74) is 3.44. The van der Waals surface area contributed by atoms with Crippen LogP contribution in [0.15, 0.2) is 48.5 Å². The largest absolute Gasteiger partial charge is 0.494 e. The summed E-state index contributed by atoms with van der Waals surface area (Å²) in [6.45, 7) is 6.11. The van der Waals surface area contributed by atoms with E-state index in [0.717, 1.165) is 22.8 Å². The van der Waals surface area contributed by atoms with Gasteiger partial charge >= 0.3 is 5.97 Å². The van der Waals surface area contributed by atoms with Crippen molar-refractivity contribution in [3.8, 4) is 22.9 Å². The van der Waals surface area contributed by atoms with Crippen molar-refractivity contribution in [1.29, 1.82) is 0 Å². The topological polar surface area (TPSA) is 76.0 Å². The molecule has 0 saturated carbocycles. The maximum absolute atomic E-state index is 12.8. The maximum Gasteiger partial charge on any atom is 0.338 e. The van der Waals surface area contributed by atoms with E-state index in [-0.39, 0.29) is 19.2 Å². The number of hydrogen-bond donors (Lipinski definition) is 0. The fourth-order valence-corrected chi connectivity index (χ4v) is 3.62. The van der Waals surface area contributed by atoms with Gasteiger partial charge in [-0.25, -0.2) is 4.79 Å². The Kier molecular flexibility index (Phi) is 5.66. The lowest BCUT2D eigenvalue weighted by Gasteiger charge is -2.11. The molecule has 7 nitrogen and oxygen atoms in total. The number of fused-ring (bicyclic) bond motifs is 1. The Labute approximate surface area is 180 Å². The van der Waals surface area contributed by atoms with Crippen molar-refractivity contribution in [2.45, 2.75) is 20.8 Å². The van der Waals surface area contributed by atoms with Crippen LogP contribution in [0, 0.1) is 13.8 Å². The van der Waals surface area contributed by atoms with Crippen LogP contribution in [0.25, 0.3) is 5.69 Å². The van der Waals surface area contributed by atoms with E-state index in [0.29, 0.717) is 29.2 Å².